The van der Waals surface area contributed by atoms with E-state index < -0.39 is 0 Å². The lowest BCUT2D eigenvalue weighted by molar-refractivity contribution is -0.115. The first kappa shape index (κ1) is 78.2. The minimum Gasteiger partial charge on any atom is -0.496 e. The summed E-state index contributed by atoms with van der Waals surface area (Å²) in [5, 5.41) is 5.57. The standard InChI is InChI=1S/C22H18N4.C21H14N2O2.C20H18O.C10H14O.C8H9NO.C7H9N.C3H6O.C2H6/c1-13-4-3-5-17(10-13)22-25-19-9-7-16(12-21(19)26-22)15-6-8-18-20(11-15)24-14(2)23-18;1-13-22-18-11-15(8-10-19(18)24-13)16-7-9-17-20(12-16)25-21(23-17)14-5-3-2-4-6-14;1-15-13-18(16-9-5-3-6-10-16)20(21-2)19(14-15)17-11-7-4-8-12-17;1-7-5-8(2)10(11-4)9(3)6-7;1-9-8(10)7-5-3-2-4-6-7;1-8-7-5-3-2-4-6-7;1-3(2)4;1-2/h3-12H,1-2H3,(H,23,24)(H,25,26);2-12H,1H3;3-14H,1-2H3;5-6H,1-4H3;2-6H,1H3,(H,9,10);2-6,8H,1H3;1-2H3;1-2H3. The quantitative estimate of drug-likeness (QED) is 0.102. The SMILES string of the molecule is CC.CC(C)=O.CNC(=O)c1ccccc1.CNc1ccccc1.COc1c(-c2ccccc2)cc(C)cc1-c1ccccc1.COc1c(C)cc(C)cc1C.Cc1cccc(-c2nc3ccc(-c4ccc5nc(C)[nH]c5c4)cc3[nH]2)c1.Cc1nc2cc(-c3ccc4nc(-c5ccccc5)oc4c3)ccc2o1. The molecule has 0 spiro atoms. The Kier molecular flexibility index (Phi) is 28.2. The lowest BCUT2D eigenvalue weighted by Gasteiger charge is -2.15. The first-order valence-electron chi connectivity index (χ1n) is 35.6. The number of ketones is 1. The number of rotatable bonds is 10. The van der Waals surface area contributed by atoms with Crippen LogP contribution in [-0.4, -0.2) is 69.9 Å². The predicted molar refractivity (Wildman–Crippen MR) is 443 cm³/mol. The Balaban J connectivity index is 0.000000153. The van der Waals surface area contributed by atoms with Crippen LogP contribution in [0, 0.1) is 48.5 Å². The number of aryl methyl sites for hydroxylation is 7. The van der Waals surface area contributed by atoms with Crippen molar-refractivity contribution < 1.29 is 27.9 Å². The Bertz CT molecular complexity index is 5430. The molecule has 4 aromatic heterocycles. The molecule has 4 N–H and O–H groups in total. The Hall–Kier alpha value is -12.9. The second kappa shape index (κ2) is 38.5. The van der Waals surface area contributed by atoms with Crippen LogP contribution in [0.1, 0.15) is 77.6 Å². The maximum atomic E-state index is 10.9. The van der Waals surface area contributed by atoms with E-state index in [1.807, 2.05) is 162 Å². The van der Waals surface area contributed by atoms with Crippen LogP contribution in [0.2, 0.25) is 0 Å². The van der Waals surface area contributed by atoms with Crippen LogP contribution in [0.25, 0.3) is 112 Å². The molecule has 0 bridgehead atoms. The van der Waals surface area contributed by atoms with E-state index in [0.29, 0.717) is 17.3 Å². The van der Waals surface area contributed by atoms with Crippen LogP contribution in [-0.2, 0) is 4.79 Å². The molecule has 0 saturated heterocycles. The highest BCUT2D eigenvalue weighted by Gasteiger charge is 2.16. The Labute approximate surface area is 628 Å². The second-order valence-electron chi connectivity index (χ2n) is 25.3. The number of benzene rings is 12. The number of para-hydroxylation sites is 1. The molecule has 12 aromatic carbocycles. The van der Waals surface area contributed by atoms with Crippen molar-refractivity contribution in [3.8, 4) is 78.8 Å². The summed E-state index contributed by atoms with van der Waals surface area (Å²) in [5.74, 6) is 5.21. The molecule has 0 fully saturated rings. The van der Waals surface area contributed by atoms with Crippen LogP contribution in [0.5, 0.6) is 11.5 Å². The third kappa shape index (κ3) is 21.6. The van der Waals surface area contributed by atoms with Gasteiger partial charge in [-0.15, -0.1) is 0 Å². The molecule has 542 valence electrons. The van der Waals surface area contributed by atoms with Crippen molar-refractivity contribution in [1.82, 2.24) is 35.2 Å². The molecule has 0 saturated carbocycles. The second-order valence-corrected chi connectivity index (χ2v) is 25.3. The van der Waals surface area contributed by atoms with Gasteiger partial charge in [-0.3, -0.25) is 4.79 Å². The number of amides is 1. The summed E-state index contributed by atoms with van der Waals surface area (Å²) in [5.41, 5.74) is 26.5. The Morgan fingerprint density at radius 3 is 1.37 bits per heavy atom. The predicted octanol–water partition coefficient (Wildman–Crippen LogP) is 23.4. The maximum Gasteiger partial charge on any atom is 0.251 e. The summed E-state index contributed by atoms with van der Waals surface area (Å²) in [4.78, 5) is 45.3. The summed E-state index contributed by atoms with van der Waals surface area (Å²) in [6, 6.07) is 91.6. The van der Waals surface area contributed by atoms with E-state index in [4.69, 9.17) is 23.3 Å². The summed E-state index contributed by atoms with van der Waals surface area (Å²) in [6.45, 7) is 21.3. The number of aromatic amines is 2. The third-order valence-electron chi connectivity index (χ3n) is 16.7. The van der Waals surface area contributed by atoms with E-state index in [2.05, 4.69) is 204 Å². The van der Waals surface area contributed by atoms with Gasteiger partial charge in [0.25, 0.3) is 5.91 Å². The van der Waals surface area contributed by atoms with Crippen LogP contribution in [0.15, 0.2) is 282 Å². The van der Waals surface area contributed by atoms with Crippen molar-refractivity contribution in [1.29, 1.82) is 0 Å². The third-order valence-corrected chi connectivity index (χ3v) is 16.7. The molecule has 0 aliphatic carbocycles. The first-order valence-corrected chi connectivity index (χ1v) is 35.6. The molecule has 0 atom stereocenters. The van der Waals surface area contributed by atoms with E-state index in [9.17, 15) is 9.59 Å². The van der Waals surface area contributed by atoms with Gasteiger partial charge in [-0.05, 0) is 209 Å². The number of aromatic nitrogens is 6. The van der Waals surface area contributed by atoms with Gasteiger partial charge in [-0.25, -0.2) is 19.9 Å². The van der Waals surface area contributed by atoms with E-state index in [1.54, 1.807) is 33.4 Å². The summed E-state index contributed by atoms with van der Waals surface area (Å²) in [6.07, 6.45) is 0. The van der Waals surface area contributed by atoms with Crippen LogP contribution in [0.4, 0.5) is 5.69 Å². The number of hydrogen-bond acceptors (Lipinski definition) is 11. The maximum absolute atomic E-state index is 10.9. The number of carbonyl (C=O) groups excluding carboxylic acids is 2. The van der Waals surface area contributed by atoms with Gasteiger partial charge >= 0.3 is 0 Å². The van der Waals surface area contributed by atoms with E-state index in [0.717, 1.165) is 118 Å². The van der Waals surface area contributed by atoms with Crippen LogP contribution in [0.3, 0.4) is 0 Å². The largest absolute Gasteiger partial charge is 0.496 e. The minimum absolute atomic E-state index is 0.0411. The van der Waals surface area contributed by atoms with Gasteiger partial charge in [-0.2, -0.15) is 0 Å². The zero-order valence-corrected chi connectivity index (χ0v) is 63.7. The van der Waals surface area contributed by atoms with Crippen LogP contribution < -0.4 is 20.1 Å². The summed E-state index contributed by atoms with van der Waals surface area (Å²) < 4.78 is 22.5. The molecule has 4 heterocycles. The molecular formula is C93H94N8O6. The first-order chi connectivity index (χ1) is 51.9. The molecule has 0 radical (unpaired) electrons. The fourth-order valence-electron chi connectivity index (χ4n) is 12.0. The van der Waals surface area contributed by atoms with Crippen molar-refractivity contribution in [2.75, 3.05) is 33.6 Å². The fourth-order valence-corrected chi connectivity index (χ4v) is 12.0. The molecule has 16 aromatic rings. The lowest BCUT2D eigenvalue weighted by Crippen LogP contribution is -2.17. The zero-order chi connectivity index (χ0) is 76.4. The Morgan fingerprint density at radius 2 is 0.850 bits per heavy atom. The molecule has 14 heteroatoms. The van der Waals surface area contributed by atoms with Gasteiger partial charge in [0.2, 0.25) is 5.89 Å². The molecule has 0 aliphatic rings. The average molecular weight is 1420 g/mol. The van der Waals surface area contributed by atoms with E-state index in [1.165, 1.54) is 52.8 Å². The average Bonchev–Trinajstić information content (AvgIpc) is 1.79. The highest BCUT2D eigenvalue weighted by Crippen LogP contribution is 2.40. The zero-order valence-electron chi connectivity index (χ0n) is 63.7. The molecule has 0 unspecified atom stereocenters. The highest BCUT2D eigenvalue weighted by atomic mass is 16.5. The number of hydrogen-bond donors (Lipinski definition) is 4. The number of anilines is 1. The number of nitrogens with one attached hydrogen (secondary N) is 4. The Morgan fingerprint density at radius 1 is 0.383 bits per heavy atom. The number of imidazole rings is 2. The number of oxazole rings is 2. The molecular weight excluding hydrogens is 1330 g/mol. The summed E-state index contributed by atoms with van der Waals surface area (Å²) >= 11 is 0. The van der Waals surface area contributed by atoms with Gasteiger partial charge in [0.1, 0.15) is 40.0 Å². The molecule has 14 nitrogen and oxygen atoms in total. The number of carbonyl (C=O) groups is 2. The highest BCUT2D eigenvalue weighted by molar-refractivity contribution is 5.94. The number of Topliss-reactive ketones (excluding diaryl/α,β-unsaturated/α-hetero) is 1. The topological polar surface area (TPSA) is 186 Å². The molecule has 16 rings (SSSR count). The van der Waals surface area contributed by atoms with Crippen LogP contribution >= 0.6 is 0 Å². The van der Waals surface area contributed by atoms with Crippen molar-refractivity contribution in [2.45, 2.75) is 76.2 Å². The van der Waals surface area contributed by atoms with Gasteiger partial charge in [0.05, 0.1) is 36.3 Å². The lowest BCUT2D eigenvalue weighted by atomic mass is 9.95. The normalized spacial score (nSPS) is 10.3. The number of methoxy groups -OCH3 is 2. The van der Waals surface area contributed by atoms with Crippen molar-refractivity contribution >= 4 is 61.6 Å². The number of nitrogens with zero attached hydrogens (tertiary/aromatic N) is 4. The van der Waals surface area contributed by atoms with E-state index >= 15 is 0 Å². The molecule has 1 amide bonds. The van der Waals surface area contributed by atoms with Crippen molar-refractivity contribution in [3.05, 3.63) is 318 Å². The molecule has 0 aliphatic heterocycles. The van der Waals surface area contributed by atoms with Gasteiger partial charge < -0.3 is 43.7 Å². The number of ether oxygens (including phenoxy) is 2. The molecule has 107 heavy (non-hydrogen) atoms. The monoisotopic (exact) mass is 1420 g/mol. The fraction of sp³-hybridized carbons (Fsp3) is 0.161. The van der Waals surface area contributed by atoms with Gasteiger partial charge in [0.15, 0.2) is 17.1 Å². The smallest absolute Gasteiger partial charge is 0.251 e. The number of H-pyrrole nitrogens is 2. The van der Waals surface area contributed by atoms with Crippen molar-refractivity contribution in [2.24, 2.45) is 0 Å². The van der Waals surface area contributed by atoms with Crippen molar-refractivity contribution in [3.63, 3.8) is 0 Å². The van der Waals surface area contributed by atoms with Gasteiger partial charge in [-0.1, -0.05) is 195 Å². The van der Waals surface area contributed by atoms with E-state index in [-0.39, 0.29) is 11.7 Å². The minimum atomic E-state index is -0.0411. The summed E-state index contributed by atoms with van der Waals surface area (Å²) in [7, 11) is 6.98. The number of fused-ring (bicyclic) bond motifs is 4. The van der Waals surface area contributed by atoms with Gasteiger partial charge in [0, 0.05) is 54.5 Å².